The molecule has 0 amide bonds. The Morgan fingerprint density at radius 2 is 2.23 bits per heavy atom. The molecule has 0 heterocycles. The molecule has 0 unspecified atom stereocenters. The van der Waals surface area contributed by atoms with Gasteiger partial charge >= 0.3 is 5.97 Å². The number of hydrogen-bond acceptors (Lipinski definition) is 3. The highest BCUT2D eigenvalue weighted by Gasteiger charge is 2.15. The molecule has 0 bridgehead atoms. The average molecular weight is 249 g/mol. The van der Waals surface area contributed by atoms with Gasteiger partial charge in [-0.1, -0.05) is 15.9 Å². The molecule has 1 aromatic carbocycles. The molecule has 5 heteroatoms. The van der Waals surface area contributed by atoms with Crippen LogP contribution in [0.15, 0.2) is 16.6 Å². The molecule has 1 aromatic rings. The number of benzene rings is 1. The predicted molar refractivity (Wildman–Crippen MR) is 47.1 cm³/mol. The second kappa shape index (κ2) is 3.74. The summed E-state index contributed by atoms with van der Waals surface area (Å²) in [6, 6.07) is 2.34. The number of hydrogen-bond donors (Lipinski definition) is 1. The van der Waals surface area contributed by atoms with Crippen molar-refractivity contribution in [2.24, 2.45) is 0 Å². The fraction of sp³-hybridized carbons (Fsp3) is 0.125. The van der Waals surface area contributed by atoms with Crippen LogP contribution in [0, 0.1) is 5.82 Å². The fourth-order valence-corrected chi connectivity index (χ4v) is 1.26. The van der Waals surface area contributed by atoms with E-state index < -0.39 is 17.5 Å². The number of methoxy groups -OCH3 is 1. The molecule has 0 aliphatic heterocycles. The Kier molecular flexibility index (Phi) is 2.87. The Labute approximate surface area is 82.3 Å². The van der Waals surface area contributed by atoms with E-state index in [0.29, 0.717) is 4.47 Å². The highest BCUT2D eigenvalue weighted by Crippen LogP contribution is 2.26. The van der Waals surface area contributed by atoms with Crippen molar-refractivity contribution in [2.45, 2.75) is 0 Å². The smallest absolute Gasteiger partial charge is 0.341 e. The second-order valence-electron chi connectivity index (χ2n) is 2.28. The number of phenols is 1. The molecular formula is C8H6BrFO3. The van der Waals surface area contributed by atoms with Crippen LogP contribution < -0.4 is 0 Å². The summed E-state index contributed by atoms with van der Waals surface area (Å²) in [4.78, 5) is 11.0. The highest BCUT2D eigenvalue weighted by atomic mass is 79.9. The molecule has 0 fully saturated rings. The minimum Gasteiger partial charge on any atom is -0.504 e. The van der Waals surface area contributed by atoms with Crippen molar-refractivity contribution in [2.75, 3.05) is 7.11 Å². The third kappa shape index (κ3) is 1.98. The summed E-state index contributed by atoms with van der Waals surface area (Å²) in [5.74, 6) is -2.34. The molecular weight excluding hydrogens is 243 g/mol. The van der Waals surface area contributed by atoms with E-state index in [0.717, 1.165) is 13.2 Å². The summed E-state index contributed by atoms with van der Waals surface area (Å²) in [6.45, 7) is 0. The van der Waals surface area contributed by atoms with Crippen molar-refractivity contribution in [1.29, 1.82) is 0 Å². The van der Waals surface area contributed by atoms with Gasteiger partial charge in [0.1, 0.15) is 5.56 Å². The van der Waals surface area contributed by atoms with Gasteiger partial charge < -0.3 is 9.84 Å². The third-order valence-corrected chi connectivity index (χ3v) is 1.89. The Morgan fingerprint density at radius 1 is 1.62 bits per heavy atom. The summed E-state index contributed by atoms with van der Waals surface area (Å²) in [5, 5.41) is 9.13. The zero-order valence-corrected chi connectivity index (χ0v) is 8.26. The van der Waals surface area contributed by atoms with E-state index in [-0.39, 0.29) is 5.56 Å². The molecule has 0 aliphatic carbocycles. The number of aromatic hydroxyl groups is 1. The van der Waals surface area contributed by atoms with Gasteiger partial charge in [-0.05, 0) is 12.1 Å². The van der Waals surface area contributed by atoms with Gasteiger partial charge in [0.25, 0.3) is 0 Å². The number of ether oxygens (including phenoxy) is 1. The van der Waals surface area contributed by atoms with Gasteiger partial charge in [-0.25, -0.2) is 9.18 Å². The van der Waals surface area contributed by atoms with Crippen molar-refractivity contribution in [1.82, 2.24) is 0 Å². The first-order chi connectivity index (χ1) is 6.06. The second-order valence-corrected chi connectivity index (χ2v) is 3.19. The maximum atomic E-state index is 12.8. The molecule has 0 radical (unpaired) electrons. The lowest BCUT2D eigenvalue weighted by Crippen LogP contribution is -2.02. The Bertz CT molecular complexity index is 351. The summed E-state index contributed by atoms with van der Waals surface area (Å²) in [5.41, 5.74) is -0.200. The van der Waals surface area contributed by atoms with Crippen LogP contribution in [0.25, 0.3) is 0 Å². The van der Waals surface area contributed by atoms with Crippen LogP contribution in [-0.2, 0) is 4.74 Å². The van der Waals surface area contributed by atoms with Crippen LogP contribution >= 0.6 is 15.9 Å². The van der Waals surface area contributed by atoms with Gasteiger partial charge in [-0.2, -0.15) is 0 Å². The summed E-state index contributed by atoms with van der Waals surface area (Å²) >= 11 is 2.99. The number of halogens is 2. The van der Waals surface area contributed by atoms with Crippen molar-refractivity contribution in [3.05, 3.63) is 28.0 Å². The summed E-state index contributed by atoms with van der Waals surface area (Å²) < 4.78 is 17.6. The first-order valence-electron chi connectivity index (χ1n) is 3.32. The number of phenolic OH excluding ortho intramolecular Hbond substituents is 1. The van der Waals surface area contributed by atoms with E-state index in [1.54, 1.807) is 0 Å². The van der Waals surface area contributed by atoms with Gasteiger partial charge in [0, 0.05) is 4.47 Å². The lowest BCUT2D eigenvalue weighted by molar-refractivity contribution is 0.0596. The molecule has 0 saturated heterocycles. The minimum absolute atomic E-state index is 0.200. The zero-order valence-electron chi connectivity index (χ0n) is 6.67. The first kappa shape index (κ1) is 9.98. The van der Waals surface area contributed by atoms with Crippen LogP contribution in [0.2, 0.25) is 0 Å². The molecule has 1 rings (SSSR count). The third-order valence-electron chi connectivity index (χ3n) is 1.43. The van der Waals surface area contributed by atoms with Crippen LogP contribution in [-0.4, -0.2) is 18.2 Å². The van der Waals surface area contributed by atoms with Gasteiger partial charge in [-0.15, -0.1) is 0 Å². The van der Waals surface area contributed by atoms with E-state index >= 15 is 0 Å². The van der Waals surface area contributed by atoms with Crippen molar-refractivity contribution >= 4 is 21.9 Å². The number of carbonyl (C=O) groups is 1. The average Bonchev–Trinajstić information content (AvgIpc) is 2.10. The molecule has 13 heavy (non-hydrogen) atoms. The van der Waals surface area contributed by atoms with E-state index in [4.69, 9.17) is 5.11 Å². The molecule has 0 spiro atoms. The van der Waals surface area contributed by atoms with E-state index in [1.165, 1.54) is 6.07 Å². The lowest BCUT2D eigenvalue weighted by Gasteiger charge is -2.03. The molecule has 0 aliphatic rings. The monoisotopic (exact) mass is 248 g/mol. The topological polar surface area (TPSA) is 46.5 Å². The number of rotatable bonds is 1. The molecule has 0 atom stereocenters. The molecule has 3 nitrogen and oxygen atoms in total. The fourth-order valence-electron chi connectivity index (χ4n) is 0.832. The maximum Gasteiger partial charge on any atom is 0.341 e. The number of carbonyl (C=O) groups excluding carboxylic acids is 1. The van der Waals surface area contributed by atoms with Crippen LogP contribution in [0.4, 0.5) is 4.39 Å². The first-order valence-corrected chi connectivity index (χ1v) is 4.12. The highest BCUT2D eigenvalue weighted by molar-refractivity contribution is 9.10. The molecule has 70 valence electrons. The largest absolute Gasteiger partial charge is 0.504 e. The maximum absolute atomic E-state index is 12.8. The standard InChI is InChI=1S/C8H6BrFO3/c1-13-8(12)5-2-4(9)3-6(10)7(5)11/h2-3,11H,1H3. The van der Waals surface area contributed by atoms with Gasteiger partial charge in [0.2, 0.25) is 0 Å². The van der Waals surface area contributed by atoms with E-state index in [9.17, 15) is 9.18 Å². The van der Waals surface area contributed by atoms with Gasteiger partial charge in [-0.3, -0.25) is 0 Å². The van der Waals surface area contributed by atoms with Crippen LogP contribution in [0.5, 0.6) is 5.75 Å². The van der Waals surface area contributed by atoms with Crippen LogP contribution in [0.3, 0.4) is 0 Å². The SMILES string of the molecule is COC(=O)c1cc(Br)cc(F)c1O. The molecule has 0 saturated carbocycles. The quantitative estimate of drug-likeness (QED) is 0.775. The van der Waals surface area contributed by atoms with Crippen molar-refractivity contribution in [3.8, 4) is 5.75 Å². The van der Waals surface area contributed by atoms with Crippen LogP contribution in [0.1, 0.15) is 10.4 Å². The summed E-state index contributed by atoms with van der Waals surface area (Å²) in [6.07, 6.45) is 0. The van der Waals surface area contributed by atoms with Gasteiger partial charge in [0.05, 0.1) is 7.11 Å². The van der Waals surface area contributed by atoms with E-state index in [1.807, 2.05) is 0 Å². The summed E-state index contributed by atoms with van der Waals surface area (Å²) in [7, 11) is 1.15. The zero-order chi connectivity index (χ0) is 10.0. The Morgan fingerprint density at radius 3 is 2.77 bits per heavy atom. The molecule has 0 aromatic heterocycles. The Balaban J connectivity index is 3.28. The number of esters is 1. The van der Waals surface area contributed by atoms with E-state index in [2.05, 4.69) is 20.7 Å². The minimum atomic E-state index is -0.866. The van der Waals surface area contributed by atoms with Crippen molar-refractivity contribution < 1.29 is 19.0 Å². The predicted octanol–water partition coefficient (Wildman–Crippen LogP) is 2.08. The van der Waals surface area contributed by atoms with Crippen molar-refractivity contribution in [3.63, 3.8) is 0 Å². The normalized spacial score (nSPS) is 9.77. The lowest BCUT2D eigenvalue weighted by atomic mass is 10.2. The molecule has 1 N–H and O–H groups in total. The Hall–Kier alpha value is -1.10. The van der Waals surface area contributed by atoms with Gasteiger partial charge in [0.15, 0.2) is 11.6 Å².